The van der Waals surface area contributed by atoms with E-state index in [4.69, 9.17) is 5.73 Å². The number of aromatic nitrogens is 2. The molecule has 0 saturated carbocycles. The van der Waals surface area contributed by atoms with Gasteiger partial charge in [-0.15, -0.1) is 0 Å². The highest BCUT2D eigenvalue weighted by Crippen LogP contribution is 2.05. The Bertz CT molecular complexity index is 550. The SMILES string of the molecule is Cc1[nH]ncc1CNC(=O)[C@@H](N)CCc1ccccc1. The molecule has 1 atom stereocenters. The number of benzene rings is 1. The molecular formula is C15H20N4O. The zero-order valence-corrected chi connectivity index (χ0v) is 11.6. The third kappa shape index (κ3) is 3.93. The van der Waals surface area contributed by atoms with Gasteiger partial charge in [-0.2, -0.15) is 5.10 Å². The normalized spacial score (nSPS) is 12.1. The highest BCUT2D eigenvalue weighted by Gasteiger charge is 2.13. The number of rotatable bonds is 6. The van der Waals surface area contributed by atoms with Crippen LogP contribution in [0.4, 0.5) is 0 Å². The van der Waals surface area contributed by atoms with Crippen LogP contribution in [0.1, 0.15) is 23.2 Å². The Labute approximate surface area is 118 Å². The van der Waals surface area contributed by atoms with Gasteiger partial charge in [0.05, 0.1) is 12.2 Å². The van der Waals surface area contributed by atoms with Gasteiger partial charge in [0.25, 0.3) is 0 Å². The minimum absolute atomic E-state index is 0.124. The van der Waals surface area contributed by atoms with Gasteiger partial charge in [-0.1, -0.05) is 30.3 Å². The Morgan fingerprint density at radius 2 is 2.15 bits per heavy atom. The third-order valence-electron chi connectivity index (χ3n) is 3.31. The molecule has 5 heteroatoms. The first kappa shape index (κ1) is 14.3. The van der Waals surface area contributed by atoms with E-state index in [0.29, 0.717) is 13.0 Å². The van der Waals surface area contributed by atoms with E-state index in [0.717, 1.165) is 17.7 Å². The van der Waals surface area contributed by atoms with Crippen LogP contribution >= 0.6 is 0 Å². The van der Waals surface area contributed by atoms with E-state index in [-0.39, 0.29) is 5.91 Å². The van der Waals surface area contributed by atoms with Crippen molar-refractivity contribution in [1.29, 1.82) is 0 Å². The quantitative estimate of drug-likeness (QED) is 0.741. The van der Waals surface area contributed by atoms with Gasteiger partial charge in [0, 0.05) is 17.8 Å². The molecule has 0 spiro atoms. The minimum Gasteiger partial charge on any atom is -0.351 e. The van der Waals surface area contributed by atoms with E-state index in [1.165, 1.54) is 5.56 Å². The Morgan fingerprint density at radius 3 is 2.80 bits per heavy atom. The van der Waals surface area contributed by atoms with Crippen molar-refractivity contribution in [3.8, 4) is 0 Å². The summed E-state index contributed by atoms with van der Waals surface area (Å²) >= 11 is 0. The molecule has 0 aliphatic rings. The second-order valence-electron chi connectivity index (χ2n) is 4.87. The largest absolute Gasteiger partial charge is 0.351 e. The molecule has 0 fully saturated rings. The minimum atomic E-state index is -0.484. The lowest BCUT2D eigenvalue weighted by atomic mass is 10.1. The first-order chi connectivity index (χ1) is 9.66. The molecule has 0 aliphatic carbocycles. The molecule has 4 N–H and O–H groups in total. The molecule has 0 unspecified atom stereocenters. The highest BCUT2D eigenvalue weighted by molar-refractivity contribution is 5.81. The Kier molecular flexibility index (Phi) is 4.90. The number of nitrogens with zero attached hydrogens (tertiary/aromatic N) is 1. The van der Waals surface area contributed by atoms with Gasteiger partial charge < -0.3 is 11.1 Å². The summed E-state index contributed by atoms with van der Waals surface area (Å²) in [6.07, 6.45) is 3.16. The average Bonchev–Trinajstić information content (AvgIpc) is 2.88. The van der Waals surface area contributed by atoms with E-state index in [1.807, 2.05) is 37.3 Å². The van der Waals surface area contributed by atoms with Crippen LogP contribution in [-0.4, -0.2) is 22.1 Å². The van der Waals surface area contributed by atoms with Crippen molar-refractivity contribution in [1.82, 2.24) is 15.5 Å². The number of hydrogen-bond acceptors (Lipinski definition) is 3. The van der Waals surface area contributed by atoms with Crippen molar-refractivity contribution < 1.29 is 4.79 Å². The molecule has 20 heavy (non-hydrogen) atoms. The van der Waals surface area contributed by atoms with Crippen molar-refractivity contribution in [3.63, 3.8) is 0 Å². The fourth-order valence-electron chi connectivity index (χ4n) is 1.97. The van der Waals surface area contributed by atoms with Crippen LogP contribution in [0.3, 0.4) is 0 Å². The molecular weight excluding hydrogens is 252 g/mol. The number of H-pyrrole nitrogens is 1. The molecule has 5 nitrogen and oxygen atoms in total. The van der Waals surface area contributed by atoms with Crippen molar-refractivity contribution >= 4 is 5.91 Å². The maximum atomic E-state index is 11.9. The van der Waals surface area contributed by atoms with Gasteiger partial charge in [0.15, 0.2) is 0 Å². The van der Waals surface area contributed by atoms with Crippen molar-refractivity contribution in [2.24, 2.45) is 5.73 Å². The Hall–Kier alpha value is -2.14. The van der Waals surface area contributed by atoms with E-state index < -0.39 is 6.04 Å². The number of aromatic amines is 1. The molecule has 0 bridgehead atoms. The molecule has 2 aromatic rings. The smallest absolute Gasteiger partial charge is 0.237 e. The topological polar surface area (TPSA) is 83.8 Å². The van der Waals surface area contributed by atoms with Gasteiger partial charge >= 0.3 is 0 Å². The number of aryl methyl sites for hydroxylation is 2. The van der Waals surface area contributed by atoms with Crippen LogP contribution in [0.15, 0.2) is 36.5 Å². The van der Waals surface area contributed by atoms with E-state index in [1.54, 1.807) is 6.20 Å². The highest BCUT2D eigenvalue weighted by atomic mass is 16.2. The standard InChI is InChI=1S/C15H20N4O/c1-11-13(10-18-19-11)9-17-15(20)14(16)8-7-12-5-3-2-4-6-12/h2-6,10,14H,7-9,16H2,1H3,(H,17,20)(H,18,19)/t14-/m0/s1. The van der Waals surface area contributed by atoms with E-state index >= 15 is 0 Å². The summed E-state index contributed by atoms with van der Waals surface area (Å²) in [5.41, 5.74) is 9.04. The van der Waals surface area contributed by atoms with Crippen LogP contribution < -0.4 is 11.1 Å². The van der Waals surface area contributed by atoms with Crippen LogP contribution in [0.25, 0.3) is 0 Å². The molecule has 1 aromatic carbocycles. The monoisotopic (exact) mass is 272 g/mol. The number of amides is 1. The zero-order valence-electron chi connectivity index (χ0n) is 11.6. The van der Waals surface area contributed by atoms with Crippen LogP contribution in [0, 0.1) is 6.92 Å². The van der Waals surface area contributed by atoms with Crippen molar-refractivity contribution in [2.75, 3.05) is 0 Å². The molecule has 0 saturated heterocycles. The van der Waals surface area contributed by atoms with Gasteiger partial charge in [-0.25, -0.2) is 0 Å². The summed E-state index contributed by atoms with van der Waals surface area (Å²) in [5.74, 6) is -0.124. The summed E-state index contributed by atoms with van der Waals surface area (Å²) in [5, 5.41) is 9.59. The average molecular weight is 272 g/mol. The molecule has 1 heterocycles. The third-order valence-corrected chi connectivity index (χ3v) is 3.31. The summed E-state index contributed by atoms with van der Waals surface area (Å²) in [7, 11) is 0. The second kappa shape index (κ2) is 6.86. The lowest BCUT2D eigenvalue weighted by molar-refractivity contribution is -0.122. The van der Waals surface area contributed by atoms with Gasteiger partial charge in [0.2, 0.25) is 5.91 Å². The van der Waals surface area contributed by atoms with Crippen LogP contribution in [-0.2, 0) is 17.8 Å². The molecule has 0 radical (unpaired) electrons. The zero-order chi connectivity index (χ0) is 14.4. The maximum absolute atomic E-state index is 11.9. The first-order valence-electron chi connectivity index (χ1n) is 6.73. The number of carbonyl (C=O) groups excluding carboxylic acids is 1. The van der Waals surface area contributed by atoms with E-state index in [9.17, 15) is 4.79 Å². The molecule has 1 aromatic heterocycles. The second-order valence-corrected chi connectivity index (χ2v) is 4.87. The fourth-order valence-corrected chi connectivity index (χ4v) is 1.97. The predicted molar refractivity (Wildman–Crippen MR) is 77.9 cm³/mol. The molecule has 1 amide bonds. The summed E-state index contributed by atoms with van der Waals surface area (Å²) < 4.78 is 0. The molecule has 2 rings (SSSR count). The van der Waals surface area contributed by atoms with Crippen molar-refractivity contribution in [2.45, 2.75) is 32.4 Å². The summed E-state index contributed by atoms with van der Waals surface area (Å²) in [6.45, 7) is 2.38. The van der Waals surface area contributed by atoms with Crippen molar-refractivity contribution in [3.05, 3.63) is 53.3 Å². The van der Waals surface area contributed by atoms with Gasteiger partial charge in [-0.05, 0) is 25.3 Å². The number of carbonyl (C=O) groups is 1. The van der Waals surface area contributed by atoms with Crippen LogP contribution in [0.2, 0.25) is 0 Å². The predicted octanol–water partition coefficient (Wildman–Crippen LogP) is 1.29. The Morgan fingerprint density at radius 1 is 1.40 bits per heavy atom. The lowest BCUT2D eigenvalue weighted by Crippen LogP contribution is -2.40. The molecule has 106 valence electrons. The summed E-state index contributed by atoms with van der Waals surface area (Å²) in [6, 6.07) is 9.55. The fraction of sp³-hybridized carbons (Fsp3) is 0.333. The summed E-state index contributed by atoms with van der Waals surface area (Å²) in [4.78, 5) is 11.9. The van der Waals surface area contributed by atoms with E-state index in [2.05, 4.69) is 15.5 Å². The first-order valence-corrected chi connectivity index (χ1v) is 6.73. The van der Waals surface area contributed by atoms with Crippen LogP contribution in [0.5, 0.6) is 0 Å². The maximum Gasteiger partial charge on any atom is 0.237 e. The van der Waals surface area contributed by atoms with Gasteiger partial charge in [0.1, 0.15) is 0 Å². The molecule has 0 aliphatic heterocycles. The number of nitrogens with two attached hydrogens (primary N) is 1. The number of nitrogens with one attached hydrogen (secondary N) is 2. The number of hydrogen-bond donors (Lipinski definition) is 3. The van der Waals surface area contributed by atoms with Gasteiger partial charge in [-0.3, -0.25) is 9.89 Å². The lowest BCUT2D eigenvalue weighted by Gasteiger charge is -2.12. The Balaban J connectivity index is 1.76.